The monoisotopic (exact) mass is 541 g/mol. The van der Waals surface area contributed by atoms with E-state index in [9.17, 15) is 19.5 Å². The molecule has 0 saturated heterocycles. The lowest BCUT2D eigenvalue weighted by molar-refractivity contribution is -0.137. The predicted molar refractivity (Wildman–Crippen MR) is 151 cm³/mol. The van der Waals surface area contributed by atoms with Crippen LogP contribution in [-0.4, -0.2) is 40.2 Å². The van der Waals surface area contributed by atoms with Gasteiger partial charge < -0.3 is 20.1 Å². The van der Waals surface area contributed by atoms with Gasteiger partial charge in [0.2, 0.25) is 0 Å². The summed E-state index contributed by atoms with van der Waals surface area (Å²) < 4.78 is 6.01. The molecule has 40 heavy (non-hydrogen) atoms. The molecular weight excluding hydrogens is 506 g/mol. The van der Waals surface area contributed by atoms with Crippen LogP contribution in [0.1, 0.15) is 49.7 Å². The van der Waals surface area contributed by atoms with E-state index in [2.05, 4.69) is 15.6 Å². The van der Waals surface area contributed by atoms with Gasteiger partial charge in [0.25, 0.3) is 5.91 Å². The summed E-state index contributed by atoms with van der Waals surface area (Å²) in [7, 11) is 0. The van der Waals surface area contributed by atoms with Crippen LogP contribution < -0.4 is 10.6 Å². The molecule has 8 heteroatoms. The maximum atomic E-state index is 13.6. The number of fused-ring (bicyclic) bond motifs is 1. The molecule has 4 aliphatic carbocycles. The lowest BCUT2D eigenvalue weighted by Crippen LogP contribution is -2.51. The fourth-order valence-electron chi connectivity index (χ4n) is 7.40. The number of carboxylic acid groups (broad SMARTS) is 1. The zero-order chi connectivity index (χ0) is 27.6. The largest absolute Gasteiger partial charge is 0.481 e. The van der Waals surface area contributed by atoms with Crippen LogP contribution in [0.15, 0.2) is 66.5 Å². The van der Waals surface area contributed by atoms with Crippen molar-refractivity contribution in [3.8, 4) is 0 Å². The number of carbonyl (C=O) groups is 3. The van der Waals surface area contributed by atoms with E-state index >= 15 is 0 Å². The molecule has 1 atom stereocenters. The Hall–Kier alpha value is -4.07. The number of H-pyrrole nitrogens is 1. The summed E-state index contributed by atoms with van der Waals surface area (Å²) in [4.78, 5) is 41.7. The molecule has 1 aromatic heterocycles. The summed E-state index contributed by atoms with van der Waals surface area (Å²) >= 11 is 0. The van der Waals surface area contributed by atoms with E-state index in [0.29, 0.717) is 18.3 Å². The molecule has 3 aromatic rings. The third-order valence-corrected chi connectivity index (χ3v) is 8.87. The van der Waals surface area contributed by atoms with Gasteiger partial charge in [0.1, 0.15) is 11.8 Å². The molecule has 4 saturated carbocycles. The van der Waals surface area contributed by atoms with Gasteiger partial charge in [-0.1, -0.05) is 48.5 Å². The van der Waals surface area contributed by atoms with E-state index < -0.39 is 24.0 Å². The Morgan fingerprint density at radius 3 is 2.33 bits per heavy atom. The second kappa shape index (κ2) is 11.2. The lowest BCUT2D eigenvalue weighted by atomic mass is 9.55. The third kappa shape index (κ3) is 5.76. The van der Waals surface area contributed by atoms with Crippen molar-refractivity contribution in [3.63, 3.8) is 0 Å². The van der Waals surface area contributed by atoms with Gasteiger partial charge >= 0.3 is 12.1 Å². The highest BCUT2D eigenvalue weighted by molar-refractivity contribution is 6.03. The average molecular weight is 542 g/mol. The highest BCUT2D eigenvalue weighted by Gasteiger charge is 2.50. The zero-order valence-corrected chi connectivity index (χ0v) is 22.3. The number of rotatable bonds is 9. The SMILES string of the molecule is O=C(O)C[C@@H](Cc1ccccc1)NC(=O)/C(=C/c1c[nH]c2ccccc12)NC(=O)OC1C2CC3CC(C2)CC1C3. The summed E-state index contributed by atoms with van der Waals surface area (Å²) in [6.07, 6.45) is 8.48. The number of aromatic amines is 1. The van der Waals surface area contributed by atoms with E-state index in [1.165, 1.54) is 6.42 Å². The number of hydrogen-bond acceptors (Lipinski definition) is 4. The molecule has 0 spiro atoms. The molecular formula is C32H35N3O5. The Kier molecular flexibility index (Phi) is 7.32. The zero-order valence-electron chi connectivity index (χ0n) is 22.3. The topological polar surface area (TPSA) is 121 Å². The second-order valence-corrected chi connectivity index (χ2v) is 11.7. The summed E-state index contributed by atoms with van der Waals surface area (Å²) in [6, 6.07) is 16.4. The van der Waals surface area contributed by atoms with Crippen molar-refractivity contribution in [2.24, 2.45) is 23.7 Å². The molecule has 1 heterocycles. The van der Waals surface area contributed by atoms with Crippen molar-refractivity contribution < 1.29 is 24.2 Å². The molecule has 4 bridgehead atoms. The highest BCUT2D eigenvalue weighted by atomic mass is 16.6. The minimum Gasteiger partial charge on any atom is -0.481 e. The van der Waals surface area contributed by atoms with Gasteiger partial charge in [-0.05, 0) is 79.9 Å². The van der Waals surface area contributed by atoms with E-state index in [0.717, 1.165) is 59.5 Å². The maximum Gasteiger partial charge on any atom is 0.412 e. The molecule has 2 aromatic carbocycles. The maximum absolute atomic E-state index is 13.6. The number of hydrogen-bond donors (Lipinski definition) is 4. The number of aliphatic carboxylic acids is 1. The molecule has 2 amide bonds. The molecule has 0 unspecified atom stereocenters. The molecule has 0 aliphatic heterocycles. The minimum atomic E-state index is -1.02. The number of alkyl carbamates (subject to hydrolysis) is 1. The number of para-hydroxylation sites is 1. The molecule has 208 valence electrons. The molecule has 0 radical (unpaired) electrons. The van der Waals surface area contributed by atoms with Crippen LogP contribution in [0.5, 0.6) is 0 Å². The van der Waals surface area contributed by atoms with Crippen LogP contribution in [0.3, 0.4) is 0 Å². The summed E-state index contributed by atoms with van der Waals surface area (Å²) in [5.74, 6) is 0.714. The third-order valence-electron chi connectivity index (χ3n) is 8.87. The number of carbonyl (C=O) groups excluding carboxylic acids is 2. The van der Waals surface area contributed by atoms with E-state index in [4.69, 9.17) is 4.74 Å². The van der Waals surface area contributed by atoms with Crippen LogP contribution in [0, 0.1) is 23.7 Å². The first-order valence-corrected chi connectivity index (χ1v) is 14.2. The van der Waals surface area contributed by atoms with E-state index in [1.807, 2.05) is 54.6 Å². The van der Waals surface area contributed by atoms with Crippen molar-refractivity contribution >= 4 is 34.9 Å². The number of benzene rings is 2. The number of nitrogens with one attached hydrogen (secondary N) is 3. The van der Waals surface area contributed by atoms with Crippen LogP contribution >= 0.6 is 0 Å². The van der Waals surface area contributed by atoms with Gasteiger partial charge in [-0.25, -0.2) is 4.79 Å². The Labute approximate surface area is 233 Å². The van der Waals surface area contributed by atoms with Gasteiger partial charge in [-0.2, -0.15) is 0 Å². The van der Waals surface area contributed by atoms with E-state index in [-0.39, 0.29) is 18.2 Å². The molecule has 8 nitrogen and oxygen atoms in total. The quantitative estimate of drug-likeness (QED) is 0.275. The fourth-order valence-corrected chi connectivity index (χ4v) is 7.40. The standard InChI is InChI=1S/C32H35N3O5/c36-29(37)17-25(15-19-6-2-1-3-7-19)34-31(38)28(16-24-18-33-27-9-5-4-8-26(24)27)35-32(39)40-30-22-11-20-10-21(13-22)14-23(30)12-20/h1-9,16,18,20-23,25,30,33H,10-15,17H2,(H,34,38)(H,35,39)(H,36,37)/b28-16-/t20?,21?,22?,23?,25-,30?/m1/s1. The van der Waals surface area contributed by atoms with Gasteiger partial charge in [0, 0.05) is 28.7 Å². The number of amides is 2. The Balaban J connectivity index is 1.23. The first kappa shape index (κ1) is 26.2. The summed E-state index contributed by atoms with van der Waals surface area (Å²) in [6.45, 7) is 0. The van der Waals surface area contributed by atoms with Crippen LogP contribution in [0.25, 0.3) is 17.0 Å². The van der Waals surface area contributed by atoms with Gasteiger partial charge in [-0.15, -0.1) is 0 Å². The normalized spacial score (nSPS) is 25.9. The second-order valence-electron chi connectivity index (χ2n) is 11.7. The Bertz CT molecular complexity index is 1400. The van der Waals surface area contributed by atoms with Gasteiger partial charge in [-0.3, -0.25) is 14.9 Å². The molecule has 4 fully saturated rings. The molecule has 7 rings (SSSR count). The minimum absolute atomic E-state index is 0.0158. The van der Waals surface area contributed by atoms with Gasteiger partial charge in [0.05, 0.1) is 6.42 Å². The lowest BCUT2D eigenvalue weighted by Gasteiger charge is -2.53. The van der Waals surface area contributed by atoms with Crippen LogP contribution in [-0.2, 0) is 20.7 Å². The van der Waals surface area contributed by atoms with Crippen molar-refractivity contribution in [3.05, 3.63) is 77.6 Å². The average Bonchev–Trinajstić information content (AvgIpc) is 3.33. The highest BCUT2D eigenvalue weighted by Crippen LogP contribution is 2.54. The van der Waals surface area contributed by atoms with Crippen molar-refractivity contribution in [1.29, 1.82) is 0 Å². The first-order valence-electron chi connectivity index (χ1n) is 14.2. The smallest absolute Gasteiger partial charge is 0.412 e. The van der Waals surface area contributed by atoms with Crippen molar-refractivity contribution in [1.82, 2.24) is 15.6 Å². The summed E-state index contributed by atoms with van der Waals surface area (Å²) in [5, 5.41) is 16.0. The first-order chi connectivity index (χ1) is 19.4. The van der Waals surface area contributed by atoms with E-state index in [1.54, 1.807) is 12.3 Å². The van der Waals surface area contributed by atoms with Crippen molar-refractivity contribution in [2.45, 2.75) is 57.1 Å². The van der Waals surface area contributed by atoms with Gasteiger partial charge in [0.15, 0.2) is 0 Å². The Morgan fingerprint density at radius 1 is 0.950 bits per heavy atom. The number of aromatic nitrogens is 1. The Morgan fingerprint density at radius 2 is 1.62 bits per heavy atom. The summed E-state index contributed by atoms with van der Waals surface area (Å²) in [5.41, 5.74) is 2.55. The predicted octanol–water partition coefficient (Wildman–Crippen LogP) is 5.26. The number of carboxylic acids is 1. The van der Waals surface area contributed by atoms with Crippen LogP contribution in [0.2, 0.25) is 0 Å². The number of ether oxygens (including phenoxy) is 1. The fraction of sp³-hybridized carbons (Fsp3) is 0.406. The molecule has 4 N–H and O–H groups in total. The molecule has 4 aliphatic rings. The van der Waals surface area contributed by atoms with Crippen LogP contribution in [0.4, 0.5) is 4.79 Å². The van der Waals surface area contributed by atoms with Crippen molar-refractivity contribution in [2.75, 3.05) is 0 Å².